The number of hydrogen-bond acceptors (Lipinski definition) is 3. The Morgan fingerprint density at radius 3 is 3.00 bits per heavy atom. The average molecular weight is 179 g/mol. The molecule has 1 aromatic rings. The maximum absolute atomic E-state index is 9.57. The second-order valence-corrected chi connectivity index (χ2v) is 2.94. The summed E-state index contributed by atoms with van der Waals surface area (Å²) >= 11 is 0. The molecule has 0 aliphatic carbocycles. The van der Waals surface area contributed by atoms with Crippen LogP contribution in [0.15, 0.2) is 6.20 Å². The van der Waals surface area contributed by atoms with Crippen LogP contribution in [0.2, 0.25) is 0 Å². The van der Waals surface area contributed by atoms with Gasteiger partial charge in [-0.15, -0.1) is 0 Å². The molecule has 1 aromatic heterocycles. The van der Waals surface area contributed by atoms with Gasteiger partial charge in [0, 0.05) is 18.8 Å². The molecule has 0 radical (unpaired) electrons. The van der Waals surface area contributed by atoms with Gasteiger partial charge in [0.15, 0.2) is 0 Å². The van der Waals surface area contributed by atoms with E-state index in [0.29, 0.717) is 0 Å². The maximum Gasteiger partial charge on any atom is 0.0952 e. The van der Waals surface area contributed by atoms with Gasteiger partial charge in [-0.05, 0) is 6.42 Å². The molecular formula is C9H13N3O. The highest BCUT2D eigenvalue weighted by atomic mass is 16.3. The molecule has 0 fully saturated rings. The molecule has 0 amide bonds. The van der Waals surface area contributed by atoms with E-state index in [0.717, 1.165) is 17.7 Å². The van der Waals surface area contributed by atoms with Crippen LogP contribution in [0.25, 0.3) is 0 Å². The molecular weight excluding hydrogens is 166 g/mol. The third-order valence-corrected chi connectivity index (χ3v) is 1.92. The Morgan fingerprint density at radius 2 is 2.46 bits per heavy atom. The summed E-state index contributed by atoms with van der Waals surface area (Å²) in [4.78, 5) is 0. The van der Waals surface area contributed by atoms with Gasteiger partial charge >= 0.3 is 0 Å². The third kappa shape index (κ3) is 2.07. The number of nitrogens with zero attached hydrogens (tertiary/aromatic N) is 3. The minimum Gasteiger partial charge on any atom is -0.387 e. The van der Waals surface area contributed by atoms with E-state index in [1.54, 1.807) is 10.9 Å². The topological polar surface area (TPSA) is 61.8 Å². The molecule has 1 rings (SSSR count). The van der Waals surface area contributed by atoms with Gasteiger partial charge in [-0.25, -0.2) is 0 Å². The number of aryl methyl sites for hydroxylation is 2. The number of nitriles is 1. The molecule has 0 aliphatic heterocycles. The Morgan fingerprint density at radius 1 is 1.77 bits per heavy atom. The molecule has 0 spiro atoms. The van der Waals surface area contributed by atoms with Crippen molar-refractivity contribution in [2.45, 2.75) is 25.9 Å². The smallest absolute Gasteiger partial charge is 0.0952 e. The van der Waals surface area contributed by atoms with Gasteiger partial charge < -0.3 is 5.11 Å². The zero-order valence-corrected chi connectivity index (χ0v) is 7.86. The van der Waals surface area contributed by atoms with Crippen LogP contribution in [0, 0.1) is 11.3 Å². The highest BCUT2D eigenvalue weighted by Gasteiger charge is 2.14. The Labute approximate surface area is 77.4 Å². The van der Waals surface area contributed by atoms with E-state index in [9.17, 15) is 5.11 Å². The van der Waals surface area contributed by atoms with Crippen LogP contribution in [0.4, 0.5) is 0 Å². The predicted octanol–water partition coefficient (Wildman–Crippen LogP) is 0.930. The van der Waals surface area contributed by atoms with E-state index < -0.39 is 6.10 Å². The highest BCUT2D eigenvalue weighted by Crippen LogP contribution is 2.19. The molecule has 0 saturated heterocycles. The van der Waals surface area contributed by atoms with Crippen molar-refractivity contribution in [1.82, 2.24) is 9.78 Å². The van der Waals surface area contributed by atoms with Crippen molar-refractivity contribution >= 4 is 0 Å². The van der Waals surface area contributed by atoms with Crippen LogP contribution in [-0.2, 0) is 13.5 Å². The summed E-state index contributed by atoms with van der Waals surface area (Å²) in [7, 11) is 1.81. The van der Waals surface area contributed by atoms with E-state index in [2.05, 4.69) is 5.10 Å². The molecule has 70 valence electrons. The Hall–Kier alpha value is -1.34. The van der Waals surface area contributed by atoms with E-state index in [1.165, 1.54) is 0 Å². The van der Waals surface area contributed by atoms with Crippen LogP contribution < -0.4 is 0 Å². The van der Waals surface area contributed by atoms with E-state index in [-0.39, 0.29) is 6.42 Å². The summed E-state index contributed by atoms with van der Waals surface area (Å²) in [6.45, 7) is 1.98. The van der Waals surface area contributed by atoms with Crippen molar-refractivity contribution in [2.75, 3.05) is 0 Å². The lowest BCUT2D eigenvalue weighted by Crippen LogP contribution is -1.98. The summed E-state index contributed by atoms with van der Waals surface area (Å²) in [5.41, 5.74) is 1.64. The predicted molar refractivity (Wildman–Crippen MR) is 47.8 cm³/mol. The van der Waals surface area contributed by atoms with Gasteiger partial charge in [0.25, 0.3) is 0 Å². The quantitative estimate of drug-likeness (QED) is 0.750. The molecule has 0 bridgehead atoms. The van der Waals surface area contributed by atoms with E-state index in [4.69, 9.17) is 5.26 Å². The zero-order chi connectivity index (χ0) is 9.84. The second-order valence-electron chi connectivity index (χ2n) is 2.94. The van der Waals surface area contributed by atoms with Crippen LogP contribution >= 0.6 is 0 Å². The molecule has 0 saturated carbocycles. The normalized spacial score (nSPS) is 12.5. The second kappa shape index (κ2) is 4.06. The number of aromatic nitrogens is 2. The fourth-order valence-electron chi connectivity index (χ4n) is 1.30. The summed E-state index contributed by atoms with van der Waals surface area (Å²) in [5, 5.41) is 22.2. The first-order valence-corrected chi connectivity index (χ1v) is 4.26. The SMILES string of the molecule is CCc1nn(C)cc1C(O)CC#N. The summed E-state index contributed by atoms with van der Waals surface area (Å²) in [6, 6.07) is 1.94. The minimum atomic E-state index is -0.700. The fraction of sp³-hybridized carbons (Fsp3) is 0.556. The van der Waals surface area contributed by atoms with Gasteiger partial charge in [-0.1, -0.05) is 6.92 Å². The molecule has 1 atom stereocenters. The molecule has 4 heteroatoms. The van der Waals surface area contributed by atoms with Crippen LogP contribution in [0.5, 0.6) is 0 Å². The first-order chi connectivity index (χ1) is 6.19. The largest absolute Gasteiger partial charge is 0.387 e. The van der Waals surface area contributed by atoms with Gasteiger partial charge in [0.2, 0.25) is 0 Å². The fourth-order valence-corrected chi connectivity index (χ4v) is 1.30. The van der Waals surface area contributed by atoms with Crippen molar-refractivity contribution in [3.8, 4) is 6.07 Å². The maximum atomic E-state index is 9.57. The molecule has 1 unspecified atom stereocenters. The van der Waals surface area contributed by atoms with Gasteiger partial charge in [-0.2, -0.15) is 10.4 Å². The lowest BCUT2D eigenvalue weighted by molar-refractivity contribution is 0.182. The molecule has 1 N–H and O–H groups in total. The summed E-state index contributed by atoms with van der Waals surface area (Å²) in [5.74, 6) is 0. The van der Waals surface area contributed by atoms with Gasteiger partial charge in [0.1, 0.15) is 0 Å². The Kier molecular flexibility index (Phi) is 3.04. The molecule has 1 heterocycles. The third-order valence-electron chi connectivity index (χ3n) is 1.92. The standard InChI is InChI=1S/C9H13N3O/c1-3-8-7(6-12(2)11-8)9(13)4-5-10/h6,9,13H,3-4H2,1-2H3. The van der Waals surface area contributed by atoms with Crippen molar-refractivity contribution in [1.29, 1.82) is 5.26 Å². The highest BCUT2D eigenvalue weighted by molar-refractivity contribution is 5.20. The Balaban J connectivity index is 2.92. The van der Waals surface area contributed by atoms with Crippen molar-refractivity contribution in [3.63, 3.8) is 0 Å². The average Bonchev–Trinajstić information content (AvgIpc) is 2.47. The number of aliphatic hydroxyl groups excluding tert-OH is 1. The van der Waals surface area contributed by atoms with Crippen molar-refractivity contribution < 1.29 is 5.11 Å². The first-order valence-electron chi connectivity index (χ1n) is 4.26. The number of hydrogen-bond donors (Lipinski definition) is 1. The Bertz CT molecular complexity index is 324. The van der Waals surface area contributed by atoms with E-state index in [1.807, 2.05) is 20.0 Å². The molecule has 13 heavy (non-hydrogen) atoms. The van der Waals surface area contributed by atoms with E-state index >= 15 is 0 Å². The van der Waals surface area contributed by atoms with Crippen LogP contribution in [-0.4, -0.2) is 14.9 Å². The first kappa shape index (κ1) is 9.75. The molecule has 0 aliphatic rings. The van der Waals surface area contributed by atoms with Gasteiger partial charge in [-0.3, -0.25) is 4.68 Å². The van der Waals surface area contributed by atoms with Crippen LogP contribution in [0.1, 0.15) is 30.7 Å². The lowest BCUT2D eigenvalue weighted by atomic mass is 10.1. The number of rotatable bonds is 3. The van der Waals surface area contributed by atoms with Crippen molar-refractivity contribution in [3.05, 3.63) is 17.5 Å². The summed E-state index contributed by atoms with van der Waals surface area (Å²) in [6.07, 6.45) is 1.96. The van der Waals surface area contributed by atoms with Gasteiger partial charge in [0.05, 0.1) is 24.3 Å². The molecule has 0 aromatic carbocycles. The minimum absolute atomic E-state index is 0.124. The molecule has 4 nitrogen and oxygen atoms in total. The lowest BCUT2D eigenvalue weighted by Gasteiger charge is -2.04. The number of aliphatic hydroxyl groups is 1. The zero-order valence-electron chi connectivity index (χ0n) is 7.86. The van der Waals surface area contributed by atoms with Crippen molar-refractivity contribution in [2.24, 2.45) is 7.05 Å². The monoisotopic (exact) mass is 179 g/mol. The summed E-state index contributed by atoms with van der Waals surface area (Å²) < 4.78 is 1.66. The van der Waals surface area contributed by atoms with Crippen LogP contribution in [0.3, 0.4) is 0 Å².